The van der Waals surface area contributed by atoms with Crippen molar-refractivity contribution in [2.24, 2.45) is 0 Å². The summed E-state index contributed by atoms with van der Waals surface area (Å²) >= 11 is 1.66. The molecule has 2 amide bonds. The van der Waals surface area contributed by atoms with E-state index >= 15 is 0 Å². The molecule has 1 heterocycles. The Morgan fingerprint density at radius 1 is 1.32 bits per heavy atom. The third-order valence-corrected chi connectivity index (χ3v) is 3.95. The fraction of sp³-hybridized carbons (Fsp3) is 0.625. The second-order valence-electron chi connectivity index (χ2n) is 6.60. The molecule has 1 unspecified atom stereocenters. The van der Waals surface area contributed by atoms with Crippen molar-refractivity contribution in [3.8, 4) is 0 Å². The van der Waals surface area contributed by atoms with Gasteiger partial charge in [-0.05, 0) is 39.1 Å². The number of quaternary nitrogens is 1. The van der Waals surface area contributed by atoms with E-state index < -0.39 is 0 Å². The molecular weight excluding hydrogens is 298 g/mol. The average Bonchev–Trinajstić information content (AvgIpc) is 2.85. The van der Waals surface area contributed by atoms with Crippen molar-refractivity contribution in [2.75, 3.05) is 26.7 Å². The topological polar surface area (TPSA) is 53.9 Å². The lowest BCUT2D eigenvalue weighted by Crippen LogP contribution is -3.11. The van der Waals surface area contributed by atoms with Crippen molar-refractivity contribution >= 4 is 23.2 Å². The van der Waals surface area contributed by atoms with Gasteiger partial charge in [0.25, 0.3) is 11.8 Å². The Balaban J connectivity index is 2.46. The second-order valence-corrected chi connectivity index (χ2v) is 7.63. The molecule has 5 nitrogen and oxygen atoms in total. The largest absolute Gasteiger partial charge is 0.347 e. The number of thiophene rings is 1. The number of carbonyl (C=O) groups excluding carboxylic acids is 2. The van der Waals surface area contributed by atoms with E-state index in [0.29, 0.717) is 26.2 Å². The lowest BCUT2D eigenvalue weighted by Gasteiger charge is -2.24. The molecule has 1 atom stereocenters. The van der Waals surface area contributed by atoms with Crippen LogP contribution in [0.4, 0.5) is 0 Å². The van der Waals surface area contributed by atoms with Crippen LogP contribution in [0.5, 0.6) is 0 Å². The molecule has 0 aliphatic rings. The minimum atomic E-state index is -0.240. The van der Waals surface area contributed by atoms with Crippen LogP contribution in [0.2, 0.25) is 0 Å². The van der Waals surface area contributed by atoms with Crippen LogP contribution in [-0.2, 0) is 16.1 Å². The summed E-state index contributed by atoms with van der Waals surface area (Å²) in [5, 5.41) is 4.94. The van der Waals surface area contributed by atoms with Gasteiger partial charge in [0, 0.05) is 17.0 Å². The van der Waals surface area contributed by atoms with E-state index in [-0.39, 0.29) is 17.4 Å². The molecule has 0 saturated heterocycles. The van der Waals surface area contributed by atoms with E-state index in [1.165, 1.54) is 4.88 Å². The molecule has 6 heteroatoms. The van der Waals surface area contributed by atoms with E-state index in [2.05, 4.69) is 5.32 Å². The van der Waals surface area contributed by atoms with Gasteiger partial charge in [0.15, 0.2) is 13.1 Å². The van der Waals surface area contributed by atoms with E-state index in [0.717, 1.165) is 4.90 Å². The van der Waals surface area contributed by atoms with Gasteiger partial charge in [-0.3, -0.25) is 9.59 Å². The first-order valence-corrected chi connectivity index (χ1v) is 8.51. The Labute approximate surface area is 137 Å². The molecular formula is C16H28N3O2S+. The van der Waals surface area contributed by atoms with E-state index in [4.69, 9.17) is 0 Å². The maximum Gasteiger partial charge on any atom is 0.278 e. The highest BCUT2D eigenvalue weighted by Crippen LogP contribution is 2.11. The zero-order valence-corrected chi connectivity index (χ0v) is 15.0. The van der Waals surface area contributed by atoms with Gasteiger partial charge >= 0.3 is 0 Å². The number of hydrogen-bond acceptors (Lipinski definition) is 3. The standard InChI is InChI=1S/C16H27N3O2S/c1-6-19(10-13-8-7-9-22-13)15(21)12-18(5)11-14(20)17-16(2,3)4/h7-9H,6,10-12H2,1-5H3,(H,17,20)/p+1. The number of rotatable bonds is 7. The highest BCUT2D eigenvalue weighted by Gasteiger charge is 2.21. The van der Waals surface area contributed by atoms with Crippen LogP contribution in [0.1, 0.15) is 32.6 Å². The van der Waals surface area contributed by atoms with Gasteiger partial charge < -0.3 is 15.1 Å². The number of amides is 2. The van der Waals surface area contributed by atoms with Gasteiger partial charge in [0.05, 0.1) is 13.6 Å². The van der Waals surface area contributed by atoms with Crippen LogP contribution >= 0.6 is 11.3 Å². The summed E-state index contributed by atoms with van der Waals surface area (Å²) in [6.07, 6.45) is 0. The van der Waals surface area contributed by atoms with Crippen LogP contribution < -0.4 is 10.2 Å². The van der Waals surface area contributed by atoms with Crippen LogP contribution in [0.25, 0.3) is 0 Å². The van der Waals surface area contributed by atoms with E-state index in [1.54, 1.807) is 11.3 Å². The monoisotopic (exact) mass is 326 g/mol. The fourth-order valence-corrected chi connectivity index (χ4v) is 2.86. The maximum absolute atomic E-state index is 12.4. The quantitative estimate of drug-likeness (QED) is 0.768. The van der Waals surface area contributed by atoms with Gasteiger partial charge in [0.2, 0.25) is 0 Å². The van der Waals surface area contributed by atoms with Crippen LogP contribution in [0.15, 0.2) is 17.5 Å². The third-order valence-electron chi connectivity index (χ3n) is 3.09. The summed E-state index contributed by atoms with van der Waals surface area (Å²) in [4.78, 5) is 28.2. The average molecular weight is 326 g/mol. The molecule has 124 valence electrons. The van der Waals surface area contributed by atoms with Gasteiger partial charge in [0.1, 0.15) is 0 Å². The van der Waals surface area contributed by atoms with E-state index in [9.17, 15) is 9.59 Å². The smallest absolute Gasteiger partial charge is 0.278 e. The van der Waals surface area contributed by atoms with Crippen molar-refractivity contribution in [3.63, 3.8) is 0 Å². The molecule has 0 aliphatic carbocycles. The molecule has 2 N–H and O–H groups in total. The van der Waals surface area contributed by atoms with Gasteiger partial charge in [-0.2, -0.15) is 0 Å². The molecule has 22 heavy (non-hydrogen) atoms. The van der Waals surface area contributed by atoms with Crippen molar-refractivity contribution in [1.29, 1.82) is 0 Å². The lowest BCUT2D eigenvalue weighted by molar-refractivity contribution is -0.863. The summed E-state index contributed by atoms with van der Waals surface area (Å²) < 4.78 is 0. The minimum Gasteiger partial charge on any atom is -0.347 e. The van der Waals surface area contributed by atoms with Crippen molar-refractivity contribution in [3.05, 3.63) is 22.4 Å². The Kier molecular flexibility index (Phi) is 7.03. The Hall–Kier alpha value is -1.40. The number of carbonyl (C=O) groups is 2. The van der Waals surface area contributed by atoms with Crippen LogP contribution in [0, 0.1) is 0 Å². The predicted octanol–water partition coefficient (Wildman–Crippen LogP) is 0.526. The molecule has 0 spiro atoms. The molecule has 1 aromatic rings. The summed E-state index contributed by atoms with van der Waals surface area (Å²) in [5.41, 5.74) is -0.240. The van der Waals surface area contributed by atoms with Crippen molar-refractivity contribution in [1.82, 2.24) is 10.2 Å². The predicted molar refractivity (Wildman–Crippen MR) is 89.9 cm³/mol. The first-order chi connectivity index (χ1) is 10.2. The number of hydrogen-bond donors (Lipinski definition) is 2. The Morgan fingerprint density at radius 3 is 2.50 bits per heavy atom. The molecule has 0 saturated carbocycles. The summed E-state index contributed by atoms with van der Waals surface area (Å²) in [6, 6.07) is 4.03. The van der Waals surface area contributed by atoms with Crippen molar-refractivity contribution < 1.29 is 14.5 Å². The highest BCUT2D eigenvalue weighted by atomic mass is 32.1. The molecule has 0 fully saturated rings. The molecule has 1 rings (SSSR count). The number of likely N-dealkylation sites (N-methyl/N-ethyl adjacent to an activating group) is 2. The summed E-state index contributed by atoms with van der Waals surface area (Å²) in [7, 11) is 1.87. The summed E-state index contributed by atoms with van der Waals surface area (Å²) in [5.74, 6) is 0.0519. The normalized spacial score (nSPS) is 12.8. The Morgan fingerprint density at radius 2 is 2.00 bits per heavy atom. The number of nitrogens with one attached hydrogen (secondary N) is 2. The zero-order valence-electron chi connectivity index (χ0n) is 14.2. The van der Waals surface area contributed by atoms with Gasteiger partial charge in [-0.15, -0.1) is 11.3 Å². The minimum absolute atomic E-state index is 0.0286. The third kappa shape index (κ3) is 7.04. The SMILES string of the molecule is CCN(Cc1cccs1)C(=O)C[NH+](C)CC(=O)NC(C)(C)C. The molecule has 0 bridgehead atoms. The van der Waals surface area contributed by atoms with Crippen molar-refractivity contribution in [2.45, 2.75) is 39.8 Å². The van der Waals surface area contributed by atoms with Gasteiger partial charge in [-0.25, -0.2) is 0 Å². The molecule has 0 aliphatic heterocycles. The second kappa shape index (κ2) is 8.29. The van der Waals surface area contributed by atoms with Crippen LogP contribution in [-0.4, -0.2) is 48.9 Å². The zero-order chi connectivity index (χ0) is 16.8. The Bertz CT molecular complexity index is 480. The first-order valence-electron chi connectivity index (χ1n) is 7.63. The fourth-order valence-electron chi connectivity index (χ4n) is 2.14. The molecule has 0 aromatic carbocycles. The molecule has 0 radical (unpaired) electrons. The molecule has 1 aromatic heterocycles. The van der Waals surface area contributed by atoms with Gasteiger partial charge in [-0.1, -0.05) is 6.07 Å². The van der Waals surface area contributed by atoms with E-state index in [1.807, 2.05) is 57.2 Å². The highest BCUT2D eigenvalue weighted by molar-refractivity contribution is 7.09. The summed E-state index contributed by atoms with van der Waals surface area (Å²) in [6.45, 7) is 9.79. The lowest BCUT2D eigenvalue weighted by atomic mass is 10.1. The maximum atomic E-state index is 12.4. The first kappa shape index (κ1) is 18.6. The number of nitrogens with zero attached hydrogens (tertiary/aromatic N) is 1. The van der Waals surface area contributed by atoms with Crippen LogP contribution in [0.3, 0.4) is 0 Å².